The topological polar surface area (TPSA) is 58.2 Å². The lowest BCUT2D eigenvalue weighted by molar-refractivity contribution is -0.114. The molecule has 2 N–H and O–H groups in total. The molecule has 0 spiro atoms. The number of rotatable bonds is 6. The van der Waals surface area contributed by atoms with E-state index in [0.29, 0.717) is 5.69 Å². The molecule has 0 aliphatic carbocycles. The predicted molar refractivity (Wildman–Crippen MR) is 96.9 cm³/mol. The molecule has 0 heterocycles. The third-order valence-corrected chi connectivity index (χ3v) is 4.27. The van der Waals surface area contributed by atoms with E-state index < -0.39 is 0 Å². The van der Waals surface area contributed by atoms with Crippen LogP contribution in [0.3, 0.4) is 0 Å². The molecule has 0 fully saturated rings. The smallest absolute Gasteiger partial charge is 0.234 e. The molecule has 0 saturated heterocycles. The van der Waals surface area contributed by atoms with Gasteiger partial charge in [-0.1, -0.05) is 18.2 Å². The van der Waals surface area contributed by atoms with E-state index in [2.05, 4.69) is 10.6 Å². The molecule has 0 bridgehead atoms. The summed E-state index contributed by atoms with van der Waals surface area (Å²) in [5.41, 5.74) is 3.35. The lowest BCUT2D eigenvalue weighted by atomic mass is 10.1. The van der Waals surface area contributed by atoms with Crippen LogP contribution in [0.2, 0.25) is 0 Å². The quantitative estimate of drug-likeness (QED) is 0.837. The summed E-state index contributed by atoms with van der Waals surface area (Å²) in [6, 6.07) is 11.4. The van der Waals surface area contributed by atoms with Gasteiger partial charge in [0.1, 0.15) is 5.82 Å². The monoisotopic (exact) mass is 346 g/mol. The van der Waals surface area contributed by atoms with Crippen molar-refractivity contribution in [3.8, 4) is 0 Å². The van der Waals surface area contributed by atoms with Crippen molar-refractivity contribution < 1.29 is 14.0 Å². The zero-order valence-electron chi connectivity index (χ0n) is 13.6. The Morgan fingerprint density at radius 1 is 0.917 bits per heavy atom. The normalized spacial score (nSPS) is 10.3. The summed E-state index contributed by atoms with van der Waals surface area (Å²) in [6.07, 6.45) is 0. The minimum absolute atomic E-state index is 0.146. The Kier molecular flexibility index (Phi) is 6.37. The van der Waals surface area contributed by atoms with Crippen molar-refractivity contribution in [3.63, 3.8) is 0 Å². The van der Waals surface area contributed by atoms with Crippen molar-refractivity contribution in [2.75, 3.05) is 22.1 Å². The number of para-hydroxylation sites is 1. The average Bonchev–Trinajstić information content (AvgIpc) is 2.53. The van der Waals surface area contributed by atoms with E-state index >= 15 is 0 Å². The Morgan fingerprint density at radius 3 is 2.04 bits per heavy atom. The fraction of sp³-hybridized carbons (Fsp3) is 0.222. The van der Waals surface area contributed by atoms with Gasteiger partial charge < -0.3 is 10.6 Å². The summed E-state index contributed by atoms with van der Waals surface area (Å²) in [7, 11) is 0. The number of nitrogens with one attached hydrogen (secondary N) is 2. The van der Waals surface area contributed by atoms with Gasteiger partial charge in [0, 0.05) is 11.4 Å². The maximum Gasteiger partial charge on any atom is 0.234 e. The third-order valence-electron chi connectivity index (χ3n) is 3.34. The number of hydrogen-bond donors (Lipinski definition) is 2. The fourth-order valence-electron chi connectivity index (χ4n) is 2.15. The van der Waals surface area contributed by atoms with Crippen LogP contribution in [0, 0.1) is 19.7 Å². The van der Waals surface area contributed by atoms with Crippen LogP contribution in [-0.4, -0.2) is 23.3 Å². The van der Waals surface area contributed by atoms with Crippen LogP contribution in [0.1, 0.15) is 11.1 Å². The predicted octanol–water partition coefficient (Wildman–Crippen LogP) is 3.75. The zero-order valence-corrected chi connectivity index (χ0v) is 14.4. The van der Waals surface area contributed by atoms with E-state index in [1.807, 2.05) is 32.0 Å². The first-order valence-corrected chi connectivity index (χ1v) is 8.60. The molecule has 2 rings (SSSR count). The van der Waals surface area contributed by atoms with Crippen LogP contribution in [0.15, 0.2) is 42.5 Å². The summed E-state index contributed by atoms with van der Waals surface area (Å²) in [4.78, 5) is 23.8. The highest BCUT2D eigenvalue weighted by molar-refractivity contribution is 8.00. The second-order valence-electron chi connectivity index (χ2n) is 5.36. The number of anilines is 2. The lowest BCUT2D eigenvalue weighted by Crippen LogP contribution is -2.19. The van der Waals surface area contributed by atoms with Gasteiger partial charge in [-0.05, 0) is 49.2 Å². The van der Waals surface area contributed by atoms with Gasteiger partial charge in [-0.25, -0.2) is 4.39 Å². The van der Waals surface area contributed by atoms with Gasteiger partial charge in [0.05, 0.1) is 11.5 Å². The molecule has 6 heteroatoms. The minimum atomic E-state index is -0.356. The molecule has 0 radical (unpaired) electrons. The largest absolute Gasteiger partial charge is 0.325 e. The Hall–Kier alpha value is -2.34. The number of carbonyl (C=O) groups is 2. The highest BCUT2D eigenvalue weighted by atomic mass is 32.2. The van der Waals surface area contributed by atoms with E-state index in [1.54, 1.807) is 0 Å². The Bertz CT molecular complexity index is 712. The van der Waals surface area contributed by atoms with E-state index in [-0.39, 0.29) is 29.1 Å². The summed E-state index contributed by atoms with van der Waals surface area (Å²) in [6.45, 7) is 3.87. The maximum atomic E-state index is 12.8. The van der Waals surface area contributed by atoms with Gasteiger partial charge in [-0.15, -0.1) is 11.8 Å². The number of aryl methyl sites for hydroxylation is 2. The number of thioether (sulfide) groups is 1. The van der Waals surface area contributed by atoms with E-state index in [0.717, 1.165) is 16.8 Å². The molecule has 0 aliphatic heterocycles. The van der Waals surface area contributed by atoms with E-state index in [9.17, 15) is 14.0 Å². The Morgan fingerprint density at radius 2 is 1.46 bits per heavy atom. The fourth-order valence-corrected chi connectivity index (χ4v) is 2.77. The summed E-state index contributed by atoms with van der Waals surface area (Å²) in [5.74, 6) is -0.397. The second-order valence-corrected chi connectivity index (χ2v) is 6.35. The van der Waals surface area contributed by atoms with Crippen LogP contribution >= 0.6 is 11.8 Å². The third kappa shape index (κ3) is 5.38. The molecular weight excluding hydrogens is 327 g/mol. The summed E-state index contributed by atoms with van der Waals surface area (Å²) >= 11 is 1.22. The van der Waals surface area contributed by atoms with Gasteiger partial charge in [-0.3, -0.25) is 9.59 Å². The zero-order chi connectivity index (χ0) is 17.5. The van der Waals surface area contributed by atoms with Gasteiger partial charge in [0.2, 0.25) is 11.8 Å². The summed E-state index contributed by atoms with van der Waals surface area (Å²) in [5, 5.41) is 5.53. The molecule has 0 unspecified atom stereocenters. The van der Waals surface area contributed by atoms with Crippen LogP contribution in [0.25, 0.3) is 0 Å². The van der Waals surface area contributed by atoms with Gasteiger partial charge in [-0.2, -0.15) is 0 Å². The number of halogens is 1. The maximum absolute atomic E-state index is 12.8. The molecule has 2 aromatic carbocycles. The second kappa shape index (κ2) is 8.49. The molecule has 4 nitrogen and oxygen atoms in total. The summed E-state index contributed by atoms with van der Waals surface area (Å²) < 4.78 is 12.8. The van der Waals surface area contributed by atoms with Crippen molar-refractivity contribution in [3.05, 3.63) is 59.4 Å². The van der Waals surface area contributed by atoms with Crippen molar-refractivity contribution in [2.24, 2.45) is 0 Å². The number of benzene rings is 2. The number of carbonyl (C=O) groups excluding carboxylic acids is 2. The molecular formula is C18H19FN2O2S. The molecule has 24 heavy (non-hydrogen) atoms. The highest BCUT2D eigenvalue weighted by Crippen LogP contribution is 2.19. The van der Waals surface area contributed by atoms with E-state index in [1.165, 1.54) is 36.0 Å². The molecule has 0 aliphatic rings. The van der Waals surface area contributed by atoms with Gasteiger partial charge in [0.25, 0.3) is 0 Å². The Balaban J connectivity index is 1.76. The number of amides is 2. The van der Waals surface area contributed by atoms with Crippen LogP contribution in [0.5, 0.6) is 0 Å². The SMILES string of the molecule is Cc1cccc(C)c1NC(=O)CSCC(=O)Nc1ccc(F)cc1. The van der Waals surface area contributed by atoms with Crippen LogP contribution in [0.4, 0.5) is 15.8 Å². The standard InChI is InChI=1S/C18H19FN2O2S/c1-12-4-3-5-13(2)18(12)21-17(23)11-24-10-16(22)20-15-8-6-14(19)7-9-15/h3-9H,10-11H2,1-2H3,(H,20,22)(H,21,23). The van der Waals surface area contributed by atoms with Crippen LogP contribution < -0.4 is 10.6 Å². The Labute approximate surface area is 144 Å². The molecule has 2 amide bonds. The average molecular weight is 346 g/mol. The first kappa shape index (κ1) is 18.0. The van der Waals surface area contributed by atoms with Gasteiger partial charge >= 0.3 is 0 Å². The minimum Gasteiger partial charge on any atom is -0.325 e. The lowest BCUT2D eigenvalue weighted by Gasteiger charge is -2.11. The molecule has 0 aromatic heterocycles. The first-order chi connectivity index (χ1) is 11.5. The van der Waals surface area contributed by atoms with Crippen molar-refractivity contribution >= 4 is 35.0 Å². The van der Waals surface area contributed by atoms with E-state index in [4.69, 9.17) is 0 Å². The van der Waals surface area contributed by atoms with Crippen LogP contribution in [-0.2, 0) is 9.59 Å². The highest BCUT2D eigenvalue weighted by Gasteiger charge is 2.09. The molecule has 2 aromatic rings. The molecule has 0 saturated carbocycles. The van der Waals surface area contributed by atoms with Crippen molar-refractivity contribution in [2.45, 2.75) is 13.8 Å². The van der Waals surface area contributed by atoms with Crippen molar-refractivity contribution in [1.82, 2.24) is 0 Å². The number of hydrogen-bond acceptors (Lipinski definition) is 3. The van der Waals surface area contributed by atoms with Gasteiger partial charge in [0.15, 0.2) is 0 Å². The molecule has 126 valence electrons. The molecule has 0 atom stereocenters. The first-order valence-electron chi connectivity index (χ1n) is 7.45. The van der Waals surface area contributed by atoms with Crippen molar-refractivity contribution in [1.29, 1.82) is 0 Å².